The second kappa shape index (κ2) is 10.2. The van der Waals surface area contributed by atoms with E-state index in [0.717, 1.165) is 44.2 Å². The van der Waals surface area contributed by atoms with Crippen LogP contribution in [0.15, 0.2) is 12.1 Å². The highest BCUT2D eigenvalue weighted by Crippen LogP contribution is 2.44. The Morgan fingerprint density at radius 3 is 2.34 bits per heavy atom. The van der Waals surface area contributed by atoms with Crippen molar-refractivity contribution in [2.24, 2.45) is 0 Å². The summed E-state index contributed by atoms with van der Waals surface area (Å²) in [5, 5.41) is 0. The summed E-state index contributed by atoms with van der Waals surface area (Å²) in [6.45, 7) is 8.26. The summed E-state index contributed by atoms with van der Waals surface area (Å²) in [5.74, 6) is -1.38. The van der Waals surface area contributed by atoms with E-state index in [4.69, 9.17) is 4.74 Å². The minimum absolute atomic E-state index is 0.000805. The van der Waals surface area contributed by atoms with Gasteiger partial charge in [0.15, 0.2) is 5.60 Å². The molecule has 3 rings (SSSR count). The van der Waals surface area contributed by atoms with Crippen LogP contribution in [-0.4, -0.2) is 46.7 Å². The van der Waals surface area contributed by atoms with Crippen LogP contribution >= 0.6 is 0 Å². The van der Waals surface area contributed by atoms with Gasteiger partial charge in [-0.15, -0.1) is 0 Å². The molecule has 6 nitrogen and oxygen atoms in total. The van der Waals surface area contributed by atoms with Crippen molar-refractivity contribution in [3.05, 3.63) is 23.3 Å². The zero-order valence-electron chi connectivity index (χ0n) is 21.1. The minimum atomic E-state index is -4.80. The van der Waals surface area contributed by atoms with E-state index in [9.17, 15) is 27.6 Å². The fraction of sp³-hybridized carbons (Fsp3) is 0.654. The van der Waals surface area contributed by atoms with Crippen molar-refractivity contribution in [1.29, 1.82) is 0 Å². The third-order valence-corrected chi connectivity index (χ3v) is 6.82. The fourth-order valence-corrected chi connectivity index (χ4v) is 4.98. The number of rotatable bonds is 7. The minimum Gasteiger partial charge on any atom is -0.476 e. The molecular formula is C26H35F3N2O4. The number of nitrogens with zero attached hydrogens (tertiary/aromatic N) is 2. The van der Waals surface area contributed by atoms with E-state index in [2.05, 4.69) is 0 Å². The van der Waals surface area contributed by atoms with Crippen molar-refractivity contribution in [2.75, 3.05) is 11.4 Å². The summed E-state index contributed by atoms with van der Waals surface area (Å²) in [5.41, 5.74) is -2.92. The van der Waals surface area contributed by atoms with Gasteiger partial charge in [0, 0.05) is 31.5 Å². The summed E-state index contributed by atoms with van der Waals surface area (Å²) < 4.78 is 48.3. The molecule has 1 saturated carbocycles. The summed E-state index contributed by atoms with van der Waals surface area (Å²) in [6, 6.07) is 1.52. The van der Waals surface area contributed by atoms with Crippen LogP contribution in [0.5, 0.6) is 5.75 Å². The Morgan fingerprint density at radius 2 is 1.80 bits per heavy atom. The molecular weight excluding hydrogens is 461 g/mol. The molecule has 35 heavy (non-hydrogen) atoms. The number of hydrogen-bond acceptors (Lipinski definition) is 4. The summed E-state index contributed by atoms with van der Waals surface area (Å²) in [7, 11) is 0. The number of fused-ring (bicyclic) bond motifs is 1. The van der Waals surface area contributed by atoms with E-state index in [0.29, 0.717) is 0 Å². The number of Topliss-reactive ketones (excluding diaryl/α,β-unsaturated/α-hetero) is 1. The van der Waals surface area contributed by atoms with Gasteiger partial charge >= 0.3 is 6.18 Å². The lowest BCUT2D eigenvalue weighted by atomic mass is 9.92. The molecule has 2 aliphatic rings. The number of carbonyl (C=O) groups excluding carboxylic acids is 3. The average Bonchev–Trinajstić information content (AvgIpc) is 2.78. The maximum atomic E-state index is 14.2. The summed E-state index contributed by atoms with van der Waals surface area (Å²) >= 11 is 0. The topological polar surface area (TPSA) is 66.9 Å². The molecule has 1 aromatic carbocycles. The SMILES string of the molecule is CCC(=O)CCN1C(=O)C(C)(C)Oc2cc(C(F)(F)F)c(C(=O)N(C(C)C)C3CCCCC3)cc21. The quantitative estimate of drug-likeness (QED) is 0.481. The van der Waals surface area contributed by atoms with Crippen LogP contribution in [0.1, 0.15) is 95.5 Å². The highest BCUT2D eigenvalue weighted by atomic mass is 19.4. The molecule has 2 amide bonds. The molecule has 0 bridgehead atoms. The van der Waals surface area contributed by atoms with Crippen LogP contribution in [0.4, 0.5) is 18.9 Å². The fourth-order valence-electron chi connectivity index (χ4n) is 4.98. The lowest BCUT2D eigenvalue weighted by Gasteiger charge is -2.40. The predicted molar refractivity (Wildman–Crippen MR) is 127 cm³/mol. The first-order valence-corrected chi connectivity index (χ1v) is 12.4. The second-order valence-electron chi connectivity index (χ2n) is 10.2. The Hall–Kier alpha value is -2.58. The van der Waals surface area contributed by atoms with E-state index in [-0.39, 0.29) is 48.7 Å². The Morgan fingerprint density at radius 1 is 1.17 bits per heavy atom. The Labute approximate surface area is 204 Å². The second-order valence-corrected chi connectivity index (χ2v) is 10.2. The van der Waals surface area contributed by atoms with Gasteiger partial charge in [0.05, 0.1) is 16.8 Å². The zero-order valence-corrected chi connectivity index (χ0v) is 21.1. The first-order chi connectivity index (χ1) is 16.3. The number of ketones is 1. The highest BCUT2D eigenvalue weighted by molar-refractivity contribution is 6.05. The van der Waals surface area contributed by atoms with Gasteiger partial charge in [0.2, 0.25) is 0 Å². The molecule has 1 aliphatic carbocycles. The van der Waals surface area contributed by atoms with Gasteiger partial charge in [-0.3, -0.25) is 14.4 Å². The van der Waals surface area contributed by atoms with Gasteiger partial charge in [0.1, 0.15) is 11.5 Å². The molecule has 0 spiro atoms. The Balaban J connectivity index is 2.14. The third-order valence-electron chi connectivity index (χ3n) is 6.82. The van der Waals surface area contributed by atoms with Gasteiger partial charge in [-0.1, -0.05) is 26.2 Å². The van der Waals surface area contributed by atoms with Crippen molar-refractivity contribution >= 4 is 23.3 Å². The van der Waals surface area contributed by atoms with E-state index in [1.807, 2.05) is 0 Å². The molecule has 1 aliphatic heterocycles. The van der Waals surface area contributed by atoms with Crippen LogP contribution in [0.25, 0.3) is 0 Å². The highest BCUT2D eigenvalue weighted by Gasteiger charge is 2.45. The van der Waals surface area contributed by atoms with Crippen molar-refractivity contribution in [3.63, 3.8) is 0 Å². The van der Waals surface area contributed by atoms with Crippen LogP contribution in [0, 0.1) is 0 Å². The van der Waals surface area contributed by atoms with Crippen molar-refractivity contribution in [2.45, 2.75) is 103 Å². The van der Waals surface area contributed by atoms with Crippen LogP contribution in [-0.2, 0) is 15.8 Å². The van der Waals surface area contributed by atoms with Gasteiger partial charge in [-0.2, -0.15) is 13.2 Å². The molecule has 9 heteroatoms. The standard InChI is InChI=1S/C26H35F3N2O4/c1-6-18(32)12-13-30-21-14-19(23(33)31(16(2)3)17-10-8-7-9-11-17)20(26(27,28)29)15-22(21)35-25(4,5)24(30)34/h14-17H,6-13H2,1-5H3. The maximum absolute atomic E-state index is 14.2. The number of carbonyl (C=O) groups is 3. The molecule has 1 fully saturated rings. The summed E-state index contributed by atoms with van der Waals surface area (Å²) in [4.78, 5) is 41.6. The van der Waals surface area contributed by atoms with Gasteiger partial charge in [0.25, 0.3) is 11.8 Å². The summed E-state index contributed by atoms with van der Waals surface area (Å²) in [6.07, 6.45) is -0.0630. The molecule has 0 radical (unpaired) electrons. The van der Waals surface area contributed by atoms with Gasteiger partial charge in [-0.25, -0.2) is 0 Å². The van der Waals surface area contributed by atoms with E-state index in [1.165, 1.54) is 18.7 Å². The van der Waals surface area contributed by atoms with Gasteiger partial charge < -0.3 is 14.5 Å². The first-order valence-electron chi connectivity index (χ1n) is 12.4. The molecule has 0 unspecified atom stereocenters. The van der Waals surface area contributed by atoms with Crippen molar-refractivity contribution in [1.82, 2.24) is 4.90 Å². The lowest BCUT2D eigenvalue weighted by Crippen LogP contribution is -2.53. The Kier molecular flexibility index (Phi) is 7.86. The van der Waals surface area contributed by atoms with Crippen LogP contribution in [0.2, 0.25) is 0 Å². The maximum Gasteiger partial charge on any atom is 0.417 e. The normalized spacial score (nSPS) is 18.3. The number of ether oxygens (including phenoxy) is 1. The van der Waals surface area contributed by atoms with E-state index in [1.54, 1.807) is 25.7 Å². The van der Waals surface area contributed by atoms with Gasteiger partial charge in [-0.05, 0) is 52.7 Å². The largest absolute Gasteiger partial charge is 0.476 e. The monoisotopic (exact) mass is 496 g/mol. The number of benzene rings is 1. The molecule has 0 atom stereocenters. The van der Waals surface area contributed by atoms with E-state index < -0.39 is 34.7 Å². The smallest absolute Gasteiger partial charge is 0.417 e. The molecule has 1 aromatic rings. The molecule has 0 aromatic heterocycles. The molecule has 0 N–H and O–H groups in total. The Bertz CT molecular complexity index is 982. The zero-order chi connectivity index (χ0) is 26.1. The molecule has 194 valence electrons. The number of alkyl halides is 3. The third kappa shape index (κ3) is 5.64. The van der Waals surface area contributed by atoms with Crippen LogP contribution < -0.4 is 9.64 Å². The average molecular weight is 497 g/mol. The number of anilines is 1. The number of hydrogen-bond donors (Lipinski definition) is 0. The van der Waals surface area contributed by atoms with Crippen molar-refractivity contribution in [3.8, 4) is 5.75 Å². The first kappa shape index (κ1) is 27.0. The molecule has 0 saturated heterocycles. The number of halogens is 3. The van der Waals surface area contributed by atoms with E-state index >= 15 is 0 Å². The lowest BCUT2D eigenvalue weighted by molar-refractivity contribution is -0.138. The van der Waals surface area contributed by atoms with Crippen LogP contribution in [0.3, 0.4) is 0 Å². The van der Waals surface area contributed by atoms with Crippen molar-refractivity contribution < 1.29 is 32.3 Å². The number of amides is 2. The molecule has 1 heterocycles. The predicted octanol–water partition coefficient (Wildman–Crippen LogP) is 5.76.